The minimum Gasteiger partial charge on any atom is -0.486 e. The number of ether oxygens (including phenoxy) is 1. The predicted octanol–water partition coefficient (Wildman–Crippen LogP) is 7.79. The number of furan rings is 1. The van der Waals surface area contributed by atoms with Crippen molar-refractivity contribution in [3.8, 4) is 16.9 Å². The predicted molar refractivity (Wildman–Crippen MR) is 176 cm³/mol. The first-order valence-corrected chi connectivity index (χ1v) is 15.5. The van der Waals surface area contributed by atoms with E-state index >= 15 is 0 Å². The molecule has 0 aliphatic rings. The molecule has 0 unspecified atom stereocenters. The summed E-state index contributed by atoms with van der Waals surface area (Å²) < 4.78 is 41.0. The van der Waals surface area contributed by atoms with E-state index < -0.39 is 23.9 Å². The molecule has 240 valence electrons. The molecule has 4 aromatic heterocycles. The Kier molecular flexibility index (Phi) is 8.37. The van der Waals surface area contributed by atoms with Gasteiger partial charge < -0.3 is 20.2 Å². The van der Waals surface area contributed by atoms with Crippen molar-refractivity contribution in [3.63, 3.8) is 0 Å². The molecular weight excluding hydrogens is 624 g/mol. The first-order valence-electron chi connectivity index (χ1n) is 14.7. The average molecular weight is 656 g/mol. The van der Waals surface area contributed by atoms with E-state index in [0.717, 1.165) is 16.9 Å². The van der Waals surface area contributed by atoms with Crippen molar-refractivity contribution in [1.82, 2.24) is 14.8 Å². The third-order valence-electron chi connectivity index (χ3n) is 8.23. The molecule has 6 rings (SSSR count). The van der Waals surface area contributed by atoms with E-state index in [1.807, 2.05) is 42.5 Å². The summed E-state index contributed by atoms with van der Waals surface area (Å²) in [5.41, 5.74) is 8.95. The molecule has 12 heteroatoms. The zero-order valence-corrected chi connectivity index (χ0v) is 26.8. The summed E-state index contributed by atoms with van der Waals surface area (Å²) in [7, 11) is 1.72. The third kappa shape index (κ3) is 6.11. The van der Waals surface area contributed by atoms with E-state index in [1.165, 1.54) is 23.9 Å². The van der Waals surface area contributed by atoms with Gasteiger partial charge in [-0.15, -0.1) is 11.3 Å². The van der Waals surface area contributed by atoms with Crippen LogP contribution in [0.25, 0.3) is 21.3 Å². The van der Waals surface area contributed by atoms with Gasteiger partial charge in [0.1, 0.15) is 33.5 Å². The van der Waals surface area contributed by atoms with Crippen molar-refractivity contribution < 1.29 is 27.5 Å². The zero-order valence-electron chi connectivity index (χ0n) is 26.0. The van der Waals surface area contributed by atoms with Crippen molar-refractivity contribution in [2.24, 2.45) is 12.8 Å². The number of pyridine rings is 1. The van der Waals surface area contributed by atoms with Crippen molar-refractivity contribution in [3.05, 3.63) is 118 Å². The highest BCUT2D eigenvalue weighted by atomic mass is 32.1. The van der Waals surface area contributed by atoms with E-state index in [2.05, 4.69) is 41.4 Å². The Morgan fingerprint density at radius 2 is 1.74 bits per heavy atom. The second-order valence-electron chi connectivity index (χ2n) is 11.5. The Labute approximate surface area is 273 Å². The highest BCUT2D eigenvalue weighted by Gasteiger charge is 2.27. The van der Waals surface area contributed by atoms with Crippen LogP contribution in [-0.2, 0) is 19.1 Å². The number of hydrogen-bond donors (Lipinski definition) is 2. The molecule has 0 saturated heterocycles. The van der Waals surface area contributed by atoms with Gasteiger partial charge in [-0.1, -0.05) is 56.3 Å². The lowest BCUT2D eigenvalue weighted by molar-refractivity contribution is 0.0992. The van der Waals surface area contributed by atoms with Crippen LogP contribution in [0.4, 0.5) is 14.5 Å². The Morgan fingerprint density at radius 1 is 1.04 bits per heavy atom. The highest BCUT2D eigenvalue weighted by molar-refractivity contribution is 7.21. The maximum atomic E-state index is 13.8. The number of nitrogens with zero attached hydrogens (tertiary/aromatic N) is 3. The summed E-state index contributed by atoms with van der Waals surface area (Å²) >= 11 is 0.823. The molecule has 0 aliphatic heterocycles. The van der Waals surface area contributed by atoms with Gasteiger partial charge >= 0.3 is 0 Å². The normalized spacial score (nSPS) is 11.7. The van der Waals surface area contributed by atoms with Crippen LogP contribution in [0.15, 0.2) is 83.4 Å². The molecule has 47 heavy (non-hydrogen) atoms. The Balaban J connectivity index is 1.23. The van der Waals surface area contributed by atoms with Gasteiger partial charge in [-0.2, -0.15) is 5.10 Å². The van der Waals surface area contributed by atoms with Gasteiger partial charge in [-0.3, -0.25) is 14.3 Å². The van der Waals surface area contributed by atoms with Crippen molar-refractivity contribution >= 4 is 39.1 Å². The molecule has 3 N–H and O–H groups in total. The van der Waals surface area contributed by atoms with Crippen LogP contribution in [0.5, 0.6) is 5.75 Å². The van der Waals surface area contributed by atoms with Gasteiger partial charge in [0.25, 0.3) is 18.2 Å². The number of amides is 2. The fourth-order valence-electron chi connectivity index (χ4n) is 5.39. The van der Waals surface area contributed by atoms with Crippen LogP contribution in [0.2, 0.25) is 0 Å². The lowest BCUT2D eigenvalue weighted by Gasteiger charge is -2.26. The number of rotatable bonds is 10. The fourth-order valence-corrected chi connectivity index (χ4v) is 6.41. The lowest BCUT2D eigenvalue weighted by atomic mass is 9.78. The molecule has 0 atom stereocenters. The van der Waals surface area contributed by atoms with Crippen LogP contribution in [0.3, 0.4) is 0 Å². The van der Waals surface area contributed by atoms with Crippen molar-refractivity contribution in [1.29, 1.82) is 0 Å². The van der Waals surface area contributed by atoms with Gasteiger partial charge in [-0.25, -0.2) is 13.8 Å². The largest absolute Gasteiger partial charge is 0.486 e. The maximum absolute atomic E-state index is 13.8. The van der Waals surface area contributed by atoms with E-state index in [9.17, 15) is 18.4 Å². The second-order valence-corrected chi connectivity index (χ2v) is 12.5. The van der Waals surface area contributed by atoms with Crippen LogP contribution in [0.1, 0.15) is 68.8 Å². The van der Waals surface area contributed by atoms with Gasteiger partial charge in [0.15, 0.2) is 5.76 Å². The molecule has 0 radical (unpaired) electrons. The molecule has 4 heterocycles. The summed E-state index contributed by atoms with van der Waals surface area (Å²) in [5.74, 6) is -0.538. The quantitative estimate of drug-likeness (QED) is 0.155. The summed E-state index contributed by atoms with van der Waals surface area (Å²) in [6.45, 7) is 6.17. The molecule has 9 nitrogen and oxygen atoms in total. The van der Waals surface area contributed by atoms with Crippen LogP contribution in [-0.4, -0.2) is 26.6 Å². The third-order valence-corrected chi connectivity index (χ3v) is 9.33. The molecule has 6 aromatic rings. The molecule has 2 amide bonds. The van der Waals surface area contributed by atoms with Crippen molar-refractivity contribution in [2.45, 2.75) is 39.2 Å². The zero-order chi connectivity index (χ0) is 33.5. The molecule has 0 aliphatic carbocycles. The summed E-state index contributed by atoms with van der Waals surface area (Å²) in [4.78, 5) is 30.0. The number of alkyl halides is 2. The maximum Gasteiger partial charge on any atom is 0.291 e. The standard InChI is InChI=1S/C35H31F2N5O4S/c1-19-25(17-39-42(19)4)24-16-26(31(36)37)40-34-28(24)29(30(47-34)32(38)43)41-33(44)27-15-14-23(46-27)18-45-22-12-10-21(11-13-22)35(2,3)20-8-6-5-7-9-20/h5-17,31H,18H2,1-4H3,(H2,38,43)(H,41,44). The minimum atomic E-state index is -2.87. The number of hydrogen-bond acceptors (Lipinski definition) is 7. The average Bonchev–Trinajstić information content (AvgIpc) is 3.78. The summed E-state index contributed by atoms with van der Waals surface area (Å²) in [6.07, 6.45) is -1.33. The second kappa shape index (κ2) is 12.4. The van der Waals surface area contributed by atoms with Gasteiger partial charge in [0.2, 0.25) is 0 Å². The number of anilines is 1. The molecule has 2 aromatic carbocycles. The van der Waals surface area contributed by atoms with Gasteiger partial charge in [0, 0.05) is 29.1 Å². The number of halogens is 2. The van der Waals surface area contributed by atoms with Gasteiger partial charge in [-0.05, 0) is 53.9 Å². The minimum absolute atomic E-state index is 0.0379. The Bertz CT molecular complexity index is 2100. The number of fused-ring (bicyclic) bond motifs is 1. The Morgan fingerprint density at radius 3 is 2.38 bits per heavy atom. The number of thiophene rings is 1. The van der Waals surface area contributed by atoms with E-state index in [1.54, 1.807) is 24.7 Å². The van der Waals surface area contributed by atoms with E-state index in [0.29, 0.717) is 33.7 Å². The SMILES string of the molecule is Cc1c(-c2cc(C(F)F)nc3sc(C(N)=O)c(NC(=O)c4ccc(COc5ccc(C(C)(C)c6ccccc6)cc5)o4)c23)cnn1C. The van der Waals surface area contributed by atoms with E-state index in [4.69, 9.17) is 14.9 Å². The summed E-state index contributed by atoms with van der Waals surface area (Å²) in [5, 5.41) is 7.25. The first-order chi connectivity index (χ1) is 22.4. The smallest absolute Gasteiger partial charge is 0.291 e. The molecule has 0 fully saturated rings. The van der Waals surface area contributed by atoms with Crippen LogP contribution >= 0.6 is 11.3 Å². The van der Waals surface area contributed by atoms with Crippen molar-refractivity contribution in [2.75, 3.05) is 5.32 Å². The molecule has 0 spiro atoms. The topological polar surface area (TPSA) is 125 Å². The first kappa shape index (κ1) is 31.6. The fraction of sp³-hybridized carbons (Fsp3) is 0.200. The number of aryl methyl sites for hydroxylation is 1. The number of primary amides is 1. The number of nitrogens with one attached hydrogen (secondary N) is 1. The lowest BCUT2D eigenvalue weighted by Crippen LogP contribution is -2.18. The Hall–Kier alpha value is -5.36. The number of carbonyl (C=O) groups is 2. The van der Waals surface area contributed by atoms with Crippen LogP contribution < -0.4 is 15.8 Å². The van der Waals surface area contributed by atoms with Gasteiger partial charge in [0.05, 0.1) is 11.9 Å². The monoisotopic (exact) mass is 655 g/mol. The molecule has 0 saturated carbocycles. The number of carbonyl (C=O) groups excluding carboxylic acids is 2. The molecular formula is C35H31F2N5O4S. The van der Waals surface area contributed by atoms with E-state index in [-0.39, 0.29) is 33.2 Å². The molecule has 0 bridgehead atoms. The summed E-state index contributed by atoms with van der Waals surface area (Å²) in [6, 6.07) is 22.4. The van der Waals surface area contributed by atoms with Crippen LogP contribution in [0, 0.1) is 6.92 Å². The number of aromatic nitrogens is 3. The number of nitrogens with two attached hydrogens (primary N) is 1. The highest BCUT2D eigenvalue weighted by Crippen LogP contribution is 2.43. The number of benzene rings is 2.